The standard InChI is InChI=1S/C12H19N3O2/c1-15-8-9(7-14-15)11(13)12(16)17-10-5-3-2-4-6-10/h7-8,10-11H,2-6,13H2,1H3. The summed E-state index contributed by atoms with van der Waals surface area (Å²) >= 11 is 0. The van der Waals surface area contributed by atoms with Crippen LogP contribution in [0.5, 0.6) is 0 Å². The quantitative estimate of drug-likeness (QED) is 0.804. The summed E-state index contributed by atoms with van der Waals surface area (Å²) in [5.41, 5.74) is 6.54. The molecule has 1 saturated carbocycles. The molecule has 1 atom stereocenters. The van der Waals surface area contributed by atoms with Crippen LogP contribution >= 0.6 is 0 Å². The molecule has 0 amide bonds. The molecule has 5 heteroatoms. The monoisotopic (exact) mass is 237 g/mol. The second-order valence-corrected chi connectivity index (χ2v) is 4.62. The number of nitrogens with two attached hydrogens (primary N) is 1. The van der Waals surface area contributed by atoms with Crippen LogP contribution in [0.2, 0.25) is 0 Å². The Morgan fingerprint density at radius 3 is 2.82 bits per heavy atom. The molecule has 0 bridgehead atoms. The van der Waals surface area contributed by atoms with Gasteiger partial charge in [-0.2, -0.15) is 5.10 Å². The van der Waals surface area contributed by atoms with E-state index in [9.17, 15) is 4.79 Å². The second kappa shape index (κ2) is 5.31. The molecule has 1 aliphatic rings. The summed E-state index contributed by atoms with van der Waals surface area (Å²) in [6.45, 7) is 0. The van der Waals surface area contributed by atoms with Crippen LogP contribution in [0.25, 0.3) is 0 Å². The Labute approximate surface area is 101 Å². The third-order valence-electron chi connectivity index (χ3n) is 3.17. The van der Waals surface area contributed by atoms with Crippen molar-refractivity contribution < 1.29 is 9.53 Å². The van der Waals surface area contributed by atoms with Crippen LogP contribution < -0.4 is 5.73 Å². The van der Waals surface area contributed by atoms with Gasteiger partial charge in [0, 0.05) is 18.8 Å². The van der Waals surface area contributed by atoms with Gasteiger partial charge in [-0.15, -0.1) is 0 Å². The van der Waals surface area contributed by atoms with Crippen LogP contribution in [0.15, 0.2) is 12.4 Å². The molecule has 0 aromatic carbocycles. The Hall–Kier alpha value is -1.36. The van der Waals surface area contributed by atoms with Crippen molar-refractivity contribution in [1.82, 2.24) is 9.78 Å². The molecule has 1 aromatic heterocycles. The summed E-state index contributed by atoms with van der Waals surface area (Å²) in [7, 11) is 1.79. The van der Waals surface area contributed by atoms with Crippen LogP contribution in [0.4, 0.5) is 0 Å². The fourth-order valence-electron chi connectivity index (χ4n) is 2.16. The molecular weight excluding hydrogens is 218 g/mol. The number of esters is 1. The highest BCUT2D eigenvalue weighted by Gasteiger charge is 2.23. The molecule has 0 radical (unpaired) electrons. The van der Waals surface area contributed by atoms with Crippen molar-refractivity contribution in [2.75, 3.05) is 0 Å². The van der Waals surface area contributed by atoms with E-state index in [0.29, 0.717) is 5.56 Å². The van der Waals surface area contributed by atoms with Crippen LogP contribution in [0, 0.1) is 0 Å². The largest absolute Gasteiger partial charge is 0.461 e. The molecule has 2 N–H and O–H groups in total. The first kappa shape index (κ1) is 12.1. The van der Waals surface area contributed by atoms with Crippen molar-refractivity contribution in [3.63, 3.8) is 0 Å². The fraction of sp³-hybridized carbons (Fsp3) is 0.667. The molecule has 2 rings (SSSR count). The third kappa shape index (κ3) is 3.06. The van der Waals surface area contributed by atoms with Gasteiger partial charge in [-0.1, -0.05) is 6.42 Å². The lowest BCUT2D eigenvalue weighted by Crippen LogP contribution is -2.29. The van der Waals surface area contributed by atoms with E-state index in [1.807, 2.05) is 0 Å². The molecule has 17 heavy (non-hydrogen) atoms. The van der Waals surface area contributed by atoms with E-state index in [2.05, 4.69) is 5.10 Å². The average molecular weight is 237 g/mol. The van der Waals surface area contributed by atoms with Crippen LogP contribution in [-0.4, -0.2) is 21.9 Å². The van der Waals surface area contributed by atoms with E-state index in [0.717, 1.165) is 25.7 Å². The molecule has 0 spiro atoms. The Bertz CT molecular complexity index is 383. The van der Waals surface area contributed by atoms with E-state index in [1.54, 1.807) is 24.1 Å². The molecular formula is C12H19N3O2. The summed E-state index contributed by atoms with van der Waals surface area (Å²) < 4.78 is 7.04. The van der Waals surface area contributed by atoms with Gasteiger partial charge in [0.15, 0.2) is 0 Å². The Morgan fingerprint density at radius 1 is 1.53 bits per heavy atom. The molecule has 1 aromatic rings. The van der Waals surface area contributed by atoms with Gasteiger partial charge in [-0.3, -0.25) is 4.68 Å². The first-order valence-corrected chi connectivity index (χ1v) is 6.11. The minimum absolute atomic E-state index is 0.0546. The van der Waals surface area contributed by atoms with Gasteiger partial charge in [0.1, 0.15) is 12.1 Å². The summed E-state index contributed by atoms with van der Waals surface area (Å²) in [4.78, 5) is 11.8. The van der Waals surface area contributed by atoms with Crippen LogP contribution in [0.3, 0.4) is 0 Å². The molecule has 94 valence electrons. The minimum atomic E-state index is -0.717. The van der Waals surface area contributed by atoms with E-state index < -0.39 is 6.04 Å². The lowest BCUT2D eigenvalue weighted by molar-refractivity contribution is -0.152. The van der Waals surface area contributed by atoms with Gasteiger partial charge in [0.05, 0.1) is 6.20 Å². The van der Waals surface area contributed by atoms with Crippen molar-refractivity contribution in [2.24, 2.45) is 12.8 Å². The SMILES string of the molecule is Cn1cc(C(N)C(=O)OC2CCCCC2)cn1. The van der Waals surface area contributed by atoms with Crippen LogP contribution in [-0.2, 0) is 16.6 Å². The maximum absolute atomic E-state index is 11.8. The molecule has 0 saturated heterocycles. The summed E-state index contributed by atoms with van der Waals surface area (Å²) in [6, 6.07) is -0.717. The number of hydrogen-bond donors (Lipinski definition) is 1. The predicted molar refractivity (Wildman–Crippen MR) is 63.1 cm³/mol. The third-order valence-corrected chi connectivity index (χ3v) is 3.17. The molecule has 1 fully saturated rings. The Kier molecular flexibility index (Phi) is 3.78. The van der Waals surface area contributed by atoms with Crippen LogP contribution in [0.1, 0.15) is 43.7 Å². The van der Waals surface area contributed by atoms with Gasteiger partial charge in [-0.05, 0) is 25.7 Å². The Balaban J connectivity index is 1.90. The average Bonchev–Trinajstić information content (AvgIpc) is 2.76. The van der Waals surface area contributed by atoms with Gasteiger partial charge < -0.3 is 10.5 Å². The second-order valence-electron chi connectivity index (χ2n) is 4.62. The van der Waals surface area contributed by atoms with E-state index in [4.69, 9.17) is 10.5 Å². The van der Waals surface area contributed by atoms with Gasteiger partial charge >= 0.3 is 5.97 Å². The molecule has 1 aliphatic carbocycles. The van der Waals surface area contributed by atoms with Crippen molar-refractivity contribution in [3.8, 4) is 0 Å². The lowest BCUT2D eigenvalue weighted by Gasteiger charge is -2.23. The maximum Gasteiger partial charge on any atom is 0.327 e. The summed E-state index contributed by atoms with van der Waals surface area (Å²) in [5, 5.41) is 4.00. The molecule has 5 nitrogen and oxygen atoms in total. The zero-order chi connectivity index (χ0) is 12.3. The highest BCUT2D eigenvalue weighted by atomic mass is 16.5. The lowest BCUT2D eigenvalue weighted by atomic mass is 9.98. The maximum atomic E-state index is 11.8. The van der Waals surface area contributed by atoms with E-state index in [-0.39, 0.29) is 12.1 Å². The van der Waals surface area contributed by atoms with Gasteiger partial charge in [-0.25, -0.2) is 4.79 Å². The molecule has 1 unspecified atom stereocenters. The predicted octanol–water partition coefficient (Wildman–Crippen LogP) is 1.30. The number of rotatable bonds is 3. The van der Waals surface area contributed by atoms with Crippen molar-refractivity contribution in [3.05, 3.63) is 18.0 Å². The van der Waals surface area contributed by atoms with Crippen molar-refractivity contribution in [1.29, 1.82) is 0 Å². The smallest absolute Gasteiger partial charge is 0.327 e. The number of carbonyl (C=O) groups excluding carboxylic acids is 1. The first-order valence-electron chi connectivity index (χ1n) is 6.11. The topological polar surface area (TPSA) is 70.1 Å². The highest BCUT2D eigenvalue weighted by molar-refractivity contribution is 5.77. The number of ether oxygens (including phenoxy) is 1. The van der Waals surface area contributed by atoms with E-state index >= 15 is 0 Å². The summed E-state index contributed by atoms with van der Waals surface area (Å²) in [6.07, 6.45) is 8.85. The zero-order valence-electron chi connectivity index (χ0n) is 10.1. The number of carbonyl (C=O) groups is 1. The summed E-state index contributed by atoms with van der Waals surface area (Å²) in [5.74, 6) is -0.343. The first-order chi connectivity index (χ1) is 8.16. The fourth-order valence-corrected chi connectivity index (χ4v) is 2.16. The number of aryl methyl sites for hydroxylation is 1. The van der Waals surface area contributed by atoms with E-state index in [1.165, 1.54) is 6.42 Å². The zero-order valence-corrected chi connectivity index (χ0v) is 10.1. The molecule has 1 heterocycles. The van der Waals surface area contributed by atoms with Crippen molar-refractivity contribution in [2.45, 2.75) is 44.2 Å². The van der Waals surface area contributed by atoms with Gasteiger partial charge in [0.25, 0.3) is 0 Å². The van der Waals surface area contributed by atoms with Gasteiger partial charge in [0.2, 0.25) is 0 Å². The Morgan fingerprint density at radius 2 is 2.24 bits per heavy atom. The highest BCUT2D eigenvalue weighted by Crippen LogP contribution is 2.22. The number of hydrogen-bond acceptors (Lipinski definition) is 4. The number of nitrogens with zero attached hydrogens (tertiary/aromatic N) is 2. The minimum Gasteiger partial charge on any atom is -0.461 e. The van der Waals surface area contributed by atoms with Crippen molar-refractivity contribution >= 4 is 5.97 Å². The molecule has 0 aliphatic heterocycles. The number of aromatic nitrogens is 2. The normalized spacial score (nSPS) is 18.9.